The van der Waals surface area contributed by atoms with Gasteiger partial charge in [0.2, 0.25) is 5.75 Å². The lowest BCUT2D eigenvalue weighted by Crippen LogP contribution is -2.02. The first-order chi connectivity index (χ1) is 9.76. The Bertz CT molecular complexity index is 390. The molecular weight excluding hydrogens is 256 g/mol. The number of hydrogen-bond donors (Lipinski definition) is 1. The fourth-order valence-electron chi connectivity index (χ4n) is 1.91. The summed E-state index contributed by atoms with van der Waals surface area (Å²) in [7, 11) is 3.15. The van der Waals surface area contributed by atoms with E-state index in [1.54, 1.807) is 26.4 Å². The maximum atomic E-state index is 9.20. The third-order valence-electron chi connectivity index (χ3n) is 3.00. The Hall–Kier alpha value is -1.68. The number of allylic oxidation sites excluding steroid dienone is 1. The van der Waals surface area contributed by atoms with Crippen LogP contribution in [0.1, 0.15) is 31.2 Å². The SMILES string of the molecule is C=CCCCCCOc1c(OC)cc(CO)cc1OC. The molecule has 112 valence electrons. The summed E-state index contributed by atoms with van der Waals surface area (Å²) in [6.45, 7) is 4.26. The highest BCUT2D eigenvalue weighted by molar-refractivity contribution is 5.53. The summed E-state index contributed by atoms with van der Waals surface area (Å²) in [5.74, 6) is 1.76. The largest absolute Gasteiger partial charge is 0.493 e. The van der Waals surface area contributed by atoms with Crippen LogP contribution in [0, 0.1) is 0 Å². The van der Waals surface area contributed by atoms with E-state index in [1.165, 1.54) is 0 Å². The van der Waals surface area contributed by atoms with Gasteiger partial charge in [0, 0.05) is 0 Å². The highest BCUT2D eigenvalue weighted by Crippen LogP contribution is 2.38. The van der Waals surface area contributed by atoms with E-state index in [9.17, 15) is 5.11 Å². The summed E-state index contributed by atoms with van der Waals surface area (Å²) >= 11 is 0. The fraction of sp³-hybridized carbons (Fsp3) is 0.500. The monoisotopic (exact) mass is 280 g/mol. The van der Waals surface area contributed by atoms with Gasteiger partial charge >= 0.3 is 0 Å². The minimum atomic E-state index is -0.0610. The van der Waals surface area contributed by atoms with Gasteiger partial charge in [-0.25, -0.2) is 0 Å². The lowest BCUT2D eigenvalue weighted by molar-refractivity contribution is 0.261. The van der Waals surface area contributed by atoms with Crippen LogP contribution < -0.4 is 14.2 Å². The van der Waals surface area contributed by atoms with Gasteiger partial charge in [0.15, 0.2) is 11.5 Å². The van der Waals surface area contributed by atoms with E-state index in [-0.39, 0.29) is 6.61 Å². The molecular formula is C16H24O4. The van der Waals surface area contributed by atoms with Gasteiger partial charge in [-0.05, 0) is 43.4 Å². The molecule has 0 radical (unpaired) electrons. The Morgan fingerprint density at radius 2 is 1.75 bits per heavy atom. The van der Waals surface area contributed by atoms with Gasteiger partial charge in [0.25, 0.3) is 0 Å². The Morgan fingerprint density at radius 1 is 1.10 bits per heavy atom. The maximum absolute atomic E-state index is 9.20. The first-order valence-electron chi connectivity index (χ1n) is 6.86. The summed E-state index contributed by atoms with van der Waals surface area (Å²) < 4.78 is 16.4. The topological polar surface area (TPSA) is 47.9 Å². The van der Waals surface area contributed by atoms with Crippen molar-refractivity contribution in [3.05, 3.63) is 30.4 Å². The van der Waals surface area contributed by atoms with Crippen molar-refractivity contribution in [3.8, 4) is 17.2 Å². The third kappa shape index (κ3) is 4.78. The lowest BCUT2D eigenvalue weighted by atomic mass is 10.2. The zero-order valence-electron chi connectivity index (χ0n) is 12.4. The van der Waals surface area contributed by atoms with Gasteiger partial charge in [0.05, 0.1) is 27.4 Å². The molecule has 0 amide bonds. The van der Waals surface area contributed by atoms with Crippen molar-refractivity contribution >= 4 is 0 Å². The Balaban J connectivity index is 2.65. The van der Waals surface area contributed by atoms with E-state index < -0.39 is 0 Å². The molecule has 0 unspecified atom stereocenters. The molecule has 1 rings (SSSR count). The van der Waals surface area contributed by atoms with E-state index in [4.69, 9.17) is 14.2 Å². The van der Waals surface area contributed by atoms with E-state index in [0.29, 0.717) is 23.9 Å². The van der Waals surface area contributed by atoms with Crippen molar-refractivity contribution in [2.45, 2.75) is 32.3 Å². The first kappa shape index (κ1) is 16.4. The predicted octanol–water partition coefficient (Wildman–Crippen LogP) is 3.32. The van der Waals surface area contributed by atoms with E-state index in [0.717, 1.165) is 31.2 Å². The van der Waals surface area contributed by atoms with E-state index >= 15 is 0 Å². The van der Waals surface area contributed by atoms with Gasteiger partial charge < -0.3 is 19.3 Å². The zero-order valence-corrected chi connectivity index (χ0v) is 12.4. The molecule has 0 saturated carbocycles. The molecule has 20 heavy (non-hydrogen) atoms. The molecule has 0 spiro atoms. The molecule has 0 aliphatic rings. The van der Waals surface area contributed by atoms with Crippen LogP contribution in [0.5, 0.6) is 17.2 Å². The number of aliphatic hydroxyl groups excluding tert-OH is 1. The summed E-state index contributed by atoms with van der Waals surface area (Å²) in [5, 5.41) is 9.20. The normalized spacial score (nSPS) is 10.2. The second-order valence-electron chi connectivity index (χ2n) is 4.47. The Morgan fingerprint density at radius 3 is 2.25 bits per heavy atom. The van der Waals surface area contributed by atoms with E-state index in [2.05, 4.69) is 6.58 Å². The van der Waals surface area contributed by atoms with Crippen LogP contribution in [-0.4, -0.2) is 25.9 Å². The van der Waals surface area contributed by atoms with Gasteiger partial charge in [0.1, 0.15) is 0 Å². The standard InChI is InChI=1S/C16H24O4/c1-4-5-6-7-8-9-20-16-14(18-2)10-13(12-17)11-15(16)19-3/h4,10-11,17H,1,5-9,12H2,2-3H3. The average molecular weight is 280 g/mol. The second kappa shape index (κ2) is 9.26. The van der Waals surface area contributed by atoms with Crippen molar-refractivity contribution in [1.82, 2.24) is 0 Å². The molecule has 0 bridgehead atoms. The van der Waals surface area contributed by atoms with Crippen LogP contribution in [0.4, 0.5) is 0 Å². The molecule has 0 aromatic heterocycles. The maximum Gasteiger partial charge on any atom is 0.203 e. The number of aliphatic hydroxyl groups is 1. The summed E-state index contributed by atoms with van der Waals surface area (Å²) in [6.07, 6.45) is 6.18. The Kier molecular flexibility index (Phi) is 7.58. The number of rotatable bonds is 10. The second-order valence-corrected chi connectivity index (χ2v) is 4.47. The number of hydrogen-bond acceptors (Lipinski definition) is 4. The molecule has 0 aliphatic carbocycles. The van der Waals surface area contributed by atoms with Gasteiger partial charge in [-0.3, -0.25) is 0 Å². The highest BCUT2D eigenvalue weighted by atomic mass is 16.5. The van der Waals surface area contributed by atoms with Crippen molar-refractivity contribution < 1.29 is 19.3 Å². The summed E-state index contributed by atoms with van der Waals surface area (Å²) in [5.41, 5.74) is 0.733. The summed E-state index contributed by atoms with van der Waals surface area (Å²) in [4.78, 5) is 0. The molecule has 0 saturated heterocycles. The molecule has 1 aromatic carbocycles. The van der Waals surface area contributed by atoms with Crippen molar-refractivity contribution in [2.75, 3.05) is 20.8 Å². The quantitative estimate of drug-likeness (QED) is 0.527. The molecule has 0 aliphatic heterocycles. The van der Waals surface area contributed by atoms with Crippen LogP contribution >= 0.6 is 0 Å². The van der Waals surface area contributed by atoms with Gasteiger partial charge in [-0.2, -0.15) is 0 Å². The van der Waals surface area contributed by atoms with Crippen molar-refractivity contribution in [2.24, 2.45) is 0 Å². The molecule has 4 nitrogen and oxygen atoms in total. The van der Waals surface area contributed by atoms with Gasteiger partial charge in [-0.15, -0.1) is 6.58 Å². The molecule has 0 fully saturated rings. The summed E-state index contributed by atoms with van der Waals surface area (Å²) in [6, 6.07) is 3.52. The third-order valence-corrected chi connectivity index (χ3v) is 3.00. The van der Waals surface area contributed by atoms with E-state index in [1.807, 2.05) is 6.08 Å². The Labute approximate surface area is 121 Å². The number of methoxy groups -OCH3 is 2. The predicted molar refractivity (Wildman–Crippen MR) is 79.6 cm³/mol. The number of benzene rings is 1. The minimum Gasteiger partial charge on any atom is -0.493 e. The van der Waals surface area contributed by atoms with Crippen LogP contribution in [0.25, 0.3) is 0 Å². The average Bonchev–Trinajstić information content (AvgIpc) is 2.50. The lowest BCUT2D eigenvalue weighted by Gasteiger charge is -2.15. The zero-order chi connectivity index (χ0) is 14.8. The number of unbranched alkanes of at least 4 members (excludes halogenated alkanes) is 3. The number of ether oxygens (including phenoxy) is 3. The van der Waals surface area contributed by atoms with Crippen molar-refractivity contribution in [3.63, 3.8) is 0 Å². The fourth-order valence-corrected chi connectivity index (χ4v) is 1.91. The van der Waals surface area contributed by atoms with Crippen LogP contribution in [0.3, 0.4) is 0 Å². The first-order valence-corrected chi connectivity index (χ1v) is 6.86. The van der Waals surface area contributed by atoms with Crippen LogP contribution in [0.15, 0.2) is 24.8 Å². The molecule has 4 heteroatoms. The molecule has 1 aromatic rings. The minimum absolute atomic E-state index is 0.0610. The highest BCUT2D eigenvalue weighted by Gasteiger charge is 2.13. The molecule has 0 atom stereocenters. The van der Waals surface area contributed by atoms with Gasteiger partial charge in [-0.1, -0.05) is 6.08 Å². The molecule has 0 heterocycles. The smallest absolute Gasteiger partial charge is 0.203 e. The molecule has 1 N–H and O–H groups in total. The van der Waals surface area contributed by atoms with Crippen LogP contribution in [0.2, 0.25) is 0 Å². The van der Waals surface area contributed by atoms with Crippen molar-refractivity contribution in [1.29, 1.82) is 0 Å². The van der Waals surface area contributed by atoms with Crippen LogP contribution in [-0.2, 0) is 6.61 Å².